The summed E-state index contributed by atoms with van der Waals surface area (Å²) in [5.74, 6) is 0.647. The quantitative estimate of drug-likeness (QED) is 0.495. The molecule has 0 amide bonds. The second-order valence-corrected chi connectivity index (χ2v) is 8.26. The molecule has 0 bridgehead atoms. The van der Waals surface area contributed by atoms with E-state index in [1.54, 1.807) is 24.3 Å². The van der Waals surface area contributed by atoms with Gasteiger partial charge in [-0.15, -0.1) is 10.2 Å². The maximum atomic E-state index is 4.72. The van der Waals surface area contributed by atoms with Gasteiger partial charge in [0.05, 0.1) is 5.04 Å². The number of hydrogen-bond acceptors (Lipinski definition) is 7. The summed E-state index contributed by atoms with van der Waals surface area (Å²) in [4.78, 5) is 8.88. The Bertz CT molecular complexity index is 957. The molecule has 1 aliphatic heterocycles. The molecular weight excluding hydrogens is 366 g/mol. The molecule has 9 heteroatoms. The van der Waals surface area contributed by atoms with Gasteiger partial charge in [-0.1, -0.05) is 52.9 Å². The normalized spacial score (nSPS) is 17.7. The van der Waals surface area contributed by atoms with Crippen molar-refractivity contribution in [3.05, 3.63) is 59.1 Å². The second kappa shape index (κ2) is 7.00. The maximum Gasteiger partial charge on any atom is 0.236 e. The third-order valence-electron chi connectivity index (χ3n) is 3.77. The van der Waals surface area contributed by atoms with Gasteiger partial charge in [-0.2, -0.15) is 10.1 Å². The summed E-state index contributed by atoms with van der Waals surface area (Å²) in [6, 6.07) is 8.50. The zero-order valence-corrected chi connectivity index (χ0v) is 16.2. The third-order valence-corrected chi connectivity index (χ3v) is 5.62. The monoisotopic (exact) mass is 383 g/mol. The lowest BCUT2D eigenvalue weighted by Crippen LogP contribution is -2.31. The highest BCUT2D eigenvalue weighted by Gasteiger charge is 2.31. The largest absolute Gasteiger partial charge is 0.275 e. The SMILES string of the molecule is CC1=NN(/C(=N/c2nnc(C)s2)n2ccnc2)[C@@H](c2ccc(C)cc2)S1. The molecule has 1 atom stereocenters. The first-order valence-corrected chi connectivity index (χ1v) is 9.74. The topological polar surface area (TPSA) is 71.6 Å². The lowest BCUT2D eigenvalue weighted by molar-refractivity contribution is 0.424. The van der Waals surface area contributed by atoms with Crippen LogP contribution in [0.4, 0.5) is 5.13 Å². The summed E-state index contributed by atoms with van der Waals surface area (Å²) in [5, 5.41) is 17.3. The number of aromatic nitrogens is 4. The van der Waals surface area contributed by atoms with Gasteiger partial charge in [-0.3, -0.25) is 4.57 Å². The summed E-state index contributed by atoms with van der Waals surface area (Å²) in [7, 11) is 0. The van der Waals surface area contributed by atoms with Crippen LogP contribution in [0.2, 0.25) is 0 Å². The smallest absolute Gasteiger partial charge is 0.236 e. The minimum absolute atomic E-state index is 0.00534. The van der Waals surface area contributed by atoms with Crippen molar-refractivity contribution in [1.29, 1.82) is 0 Å². The minimum atomic E-state index is 0.00534. The maximum absolute atomic E-state index is 4.72. The highest BCUT2D eigenvalue weighted by Crippen LogP contribution is 2.40. The Kier molecular flexibility index (Phi) is 4.56. The van der Waals surface area contributed by atoms with E-state index >= 15 is 0 Å². The van der Waals surface area contributed by atoms with Crippen molar-refractivity contribution < 1.29 is 0 Å². The number of hydrogen-bond donors (Lipinski definition) is 0. The van der Waals surface area contributed by atoms with Crippen LogP contribution in [0.5, 0.6) is 0 Å². The molecule has 4 rings (SSSR count). The highest BCUT2D eigenvalue weighted by atomic mass is 32.2. The molecule has 0 aliphatic carbocycles. The van der Waals surface area contributed by atoms with Crippen LogP contribution in [-0.4, -0.2) is 35.8 Å². The third kappa shape index (κ3) is 3.40. The molecule has 26 heavy (non-hydrogen) atoms. The summed E-state index contributed by atoms with van der Waals surface area (Å²) in [6.07, 6.45) is 5.29. The van der Waals surface area contributed by atoms with E-state index in [4.69, 9.17) is 10.1 Å². The van der Waals surface area contributed by atoms with E-state index in [-0.39, 0.29) is 5.37 Å². The summed E-state index contributed by atoms with van der Waals surface area (Å²) in [5.41, 5.74) is 2.40. The van der Waals surface area contributed by atoms with Crippen LogP contribution in [0.15, 0.2) is 53.1 Å². The number of aliphatic imine (C=N–C) groups is 1. The van der Waals surface area contributed by atoms with Crippen molar-refractivity contribution in [2.24, 2.45) is 10.1 Å². The number of imidazole rings is 1. The molecule has 0 N–H and O–H groups in total. The van der Waals surface area contributed by atoms with Crippen molar-refractivity contribution in [2.45, 2.75) is 26.1 Å². The van der Waals surface area contributed by atoms with Crippen LogP contribution in [0.25, 0.3) is 0 Å². The van der Waals surface area contributed by atoms with Gasteiger partial charge in [0.1, 0.15) is 16.7 Å². The van der Waals surface area contributed by atoms with Gasteiger partial charge in [0.25, 0.3) is 0 Å². The van der Waals surface area contributed by atoms with Crippen molar-refractivity contribution in [1.82, 2.24) is 24.8 Å². The molecule has 1 aromatic carbocycles. The van der Waals surface area contributed by atoms with Crippen LogP contribution in [0, 0.1) is 13.8 Å². The van der Waals surface area contributed by atoms with Crippen LogP contribution < -0.4 is 0 Å². The summed E-state index contributed by atoms with van der Waals surface area (Å²) in [6.45, 7) is 6.00. The number of nitrogens with zero attached hydrogens (tertiary/aromatic N) is 7. The van der Waals surface area contributed by atoms with Crippen LogP contribution in [0.1, 0.15) is 28.4 Å². The van der Waals surface area contributed by atoms with E-state index in [1.165, 1.54) is 22.5 Å². The van der Waals surface area contributed by atoms with Crippen LogP contribution in [0.3, 0.4) is 0 Å². The van der Waals surface area contributed by atoms with Gasteiger partial charge >= 0.3 is 0 Å². The molecule has 0 saturated carbocycles. The lowest BCUT2D eigenvalue weighted by Gasteiger charge is -2.24. The first-order chi connectivity index (χ1) is 12.6. The minimum Gasteiger partial charge on any atom is -0.275 e. The Morgan fingerprint density at radius 3 is 2.58 bits per heavy atom. The molecule has 132 valence electrons. The molecule has 1 aliphatic rings. The van der Waals surface area contributed by atoms with Gasteiger partial charge in [0.2, 0.25) is 11.1 Å². The number of benzene rings is 1. The van der Waals surface area contributed by atoms with E-state index in [1.807, 2.05) is 29.6 Å². The number of aryl methyl sites for hydroxylation is 2. The van der Waals surface area contributed by atoms with E-state index in [0.29, 0.717) is 11.1 Å². The fraction of sp³-hybridized carbons (Fsp3) is 0.235. The average Bonchev–Trinajstić information content (AvgIpc) is 3.35. The van der Waals surface area contributed by atoms with Gasteiger partial charge in [0, 0.05) is 12.4 Å². The van der Waals surface area contributed by atoms with E-state index < -0.39 is 0 Å². The highest BCUT2D eigenvalue weighted by molar-refractivity contribution is 8.14. The number of thioether (sulfide) groups is 1. The molecule has 3 heterocycles. The standard InChI is InChI=1S/C17H17N7S2/c1-11-4-6-14(7-5-11)15-24(22-13(3)25-15)17(23-9-8-18-10-23)19-16-21-20-12(2)26-16/h4-10,15H,1-3H3/b19-17+/t15-/m1/s1. The molecule has 0 unspecified atom stereocenters. The van der Waals surface area contributed by atoms with E-state index in [9.17, 15) is 0 Å². The van der Waals surface area contributed by atoms with Crippen molar-refractivity contribution in [3.63, 3.8) is 0 Å². The van der Waals surface area contributed by atoms with E-state index in [0.717, 1.165) is 10.1 Å². The Labute approximate surface area is 159 Å². The zero-order chi connectivity index (χ0) is 18.1. The Balaban J connectivity index is 1.78. The van der Waals surface area contributed by atoms with Crippen molar-refractivity contribution in [3.8, 4) is 0 Å². The molecule has 0 spiro atoms. The molecule has 7 nitrogen and oxygen atoms in total. The molecule has 2 aromatic heterocycles. The molecular formula is C17H17N7S2. The first kappa shape index (κ1) is 16.9. The molecule has 3 aromatic rings. The Hall–Kier alpha value is -2.52. The number of rotatable bonds is 2. The van der Waals surface area contributed by atoms with Crippen LogP contribution >= 0.6 is 23.1 Å². The number of hydrazone groups is 1. The fourth-order valence-electron chi connectivity index (χ4n) is 2.55. The molecule has 0 saturated heterocycles. The molecule has 0 fully saturated rings. The van der Waals surface area contributed by atoms with Crippen LogP contribution in [-0.2, 0) is 0 Å². The van der Waals surface area contributed by atoms with Gasteiger partial charge in [0.15, 0.2) is 0 Å². The first-order valence-electron chi connectivity index (χ1n) is 8.05. The predicted molar refractivity (Wildman–Crippen MR) is 106 cm³/mol. The summed E-state index contributed by atoms with van der Waals surface area (Å²) >= 11 is 3.15. The van der Waals surface area contributed by atoms with Gasteiger partial charge < -0.3 is 0 Å². The average molecular weight is 384 g/mol. The van der Waals surface area contributed by atoms with Gasteiger partial charge in [-0.05, 0) is 26.3 Å². The van der Waals surface area contributed by atoms with Gasteiger partial charge in [-0.25, -0.2) is 9.99 Å². The predicted octanol–water partition coefficient (Wildman–Crippen LogP) is 3.97. The zero-order valence-electron chi connectivity index (χ0n) is 14.6. The second-order valence-electron chi connectivity index (χ2n) is 5.83. The van der Waals surface area contributed by atoms with Crippen molar-refractivity contribution >= 4 is 39.2 Å². The van der Waals surface area contributed by atoms with Crippen molar-refractivity contribution in [2.75, 3.05) is 0 Å². The lowest BCUT2D eigenvalue weighted by atomic mass is 10.1. The molecule has 0 radical (unpaired) electrons. The Morgan fingerprint density at radius 2 is 1.92 bits per heavy atom. The Morgan fingerprint density at radius 1 is 1.12 bits per heavy atom. The van der Waals surface area contributed by atoms with E-state index in [2.05, 4.69) is 46.4 Å². The summed E-state index contributed by atoms with van der Waals surface area (Å²) < 4.78 is 1.85. The fourth-order valence-corrected chi connectivity index (χ4v) is 4.10.